The van der Waals surface area contributed by atoms with E-state index in [0.717, 1.165) is 12.0 Å². The van der Waals surface area contributed by atoms with Gasteiger partial charge in [-0.05, 0) is 38.0 Å². The third kappa shape index (κ3) is 9.82. The number of benzene rings is 1. The van der Waals surface area contributed by atoms with Crippen molar-refractivity contribution >= 4 is 6.09 Å². The number of aromatic nitrogens is 2. The molecule has 30 heavy (non-hydrogen) atoms. The van der Waals surface area contributed by atoms with Crippen LogP contribution >= 0.6 is 0 Å². The van der Waals surface area contributed by atoms with Gasteiger partial charge in [0.1, 0.15) is 12.4 Å². The van der Waals surface area contributed by atoms with E-state index in [2.05, 4.69) is 49.0 Å². The summed E-state index contributed by atoms with van der Waals surface area (Å²) < 4.78 is 19.9. The topological polar surface area (TPSA) is 64.5 Å². The van der Waals surface area contributed by atoms with E-state index < -0.39 is 0 Å². The first-order valence-electron chi connectivity index (χ1n) is 9.71. The molecule has 0 N–H and O–H groups in total. The Morgan fingerprint density at radius 2 is 1.97 bits per heavy atom. The van der Waals surface area contributed by atoms with Crippen LogP contribution < -0.4 is 4.74 Å². The van der Waals surface area contributed by atoms with Gasteiger partial charge < -0.3 is 14.4 Å². The molecule has 2 aromatic rings. The van der Waals surface area contributed by atoms with Crippen LogP contribution in [0.15, 0.2) is 66.7 Å². The number of ether oxygens (including phenoxy) is 2. The van der Waals surface area contributed by atoms with Crippen LogP contribution in [0.1, 0.15) is 32.8 Å². The minimum atomic E-state index is -0.259. The van der Waals surface area contributed by atoms with Crippen molar-refractivity contribution in [2.75, 3.05) is 20.3 Å². The minimum absolute atomic E-state index is 0.259. The summed E-state index contributed by atoms with van der Waals surface area (Å²) in [6.07, 6.45) is 11.9. The van der Waals surface area contributed by atoms with E-state index in [1.165, 1.54) is 5.57 Å². The van der Waals surface area contributed by atoms with Gasteiger partial charge in [-0.3, -0.25) is 9.37 Å². The lowest BCUT2D eigenvalue weighted by Gasteiger charge is -2.12. The highest BCUT2D eigenvalue weighted by Crippen LogP contribution is 2.20. The summed E-state index contributed by atoms with van der Waals surface area (Å²) in [5, 5.41) is 0. The second-order valence-corrected chi connectivity index (χ2v) is 6.41. The molecule has 2 heterocycles. The number of carbonyl (C=O) groups excluding carboxylic acids is 1. The smallest absolute Gasteiger partial charge is 0.410 e. The molecule has 1 aliphatic heterocycles. The molecule has 1 fully saturated rings. The Morgan fingerprint density at radius 1 is 1.23 bits per heavy atom. The Labute approximate surface area is 178 Å². The van der Waals surface area contributed by atoms with Crippen LogP contribution in [0.25, 0.3) is 0 Å². The van der Waals surface area contributed by atoms with Crippen molar-refractivity contribution in [2.24, 2.45) is 0 Å². The minimum Gasteiger partial charge on any atom is -0.448 e. The van der Waals surface area contributed by atoms with Crippen molar-refractivity contribution in [2.45, 2.75) is 33.7 Å². The van der Waals surface area contributed by atoms with Crippen LogP contribution in [0.4, 0.5) is 9.18 Å². The van der Waals surface area contributed by atoms with E-state index >= 15 is 0 Å². The van der Waals surface area contributed by atoms with Gasteiger partial charge in [0.2, 0.25) is 5.88 Å². The number of carbonyl (C=O) groups is 1. The standard InChI is InChI=1S/C14H13N3O3.C8H14.CH3F/c18-14-17(7-8-19-14)10-11-1-3-12(4-2-11)20-13-9-15-5-6-16-13;1-4-5-6-7-8(2)3;1-2/h1-6,9H,7-8,10H2;5-7H,4H2,1-3H3;1H3/b;6-5-;. The van der Waals surface area contributed by atoms with Gasteiger partial charge in [0.15, 0.2) is 0 Å². The van der Waals surface area contributed by atoms with Gasteiger partial charge in [-0.2, -0.15) is 0 Å². The Bertz CT molecular complexity index is 789. The lowest BCUT2D eigenvalue weighted by molar-refractivity contribution is 0.157. The molecule has 0 atom stereocenters. The zero-order valence-electron chi connectivity index (χ0n) is 18.0. The number of nitrogens with zero attached hydrogens (tertiary/aromatic N) is 3. The summed E-state index contributed by atoms with van der Waals surface area (Å²) in [4.78, 5) is 21.0. The normalized spacial score (nSPS) is 12.3. The molecule has 162 valence electrons. The van der Waals surface area contributed by atoms with Crippen LogP contribution in [0.3, 0.4) is 0 Å². The van der Waals surface area contributed by atoms with Crippen LogP contribution in [-0.2, 0) is 11.3 Å². The van der Waals surface area contributed by atoms with E-state index in [0.29, 0.717) is 38.5 Å². The molecule has 1 aromatic carbocycles. The maximum Gasteiger partial charge on any atom is 0.410 e. The molecule has 6 nitrogen and oxygen atoms in total. The summed E-state index contributed by atoms with van der Waals surface area (Å²) in [6, 6.07) is 7.51. The predicted molar refractivity (Wildman–Crippen MR) is 116 cm³/mol. The molecule has 0 radical (unpaired) electrons. The number of amides is 1. The lowest BCUT2D eigenvalue weighted by Crippen LogP contribution is -2.23. The quantitative estimate of drug-likeness (QED) is 0.564. The fourth-order valence-corrected chi connectivity index (χ4v) is 2.31. The highest BCUT2D eigenvalue weighted by atomic mass is 19.1. The van der Waals surface area contributed by atoms with Crippen molar-refractivity contribution in [3.05, 3.63) is 72.2 Å². The SMILES string of the molecule is CC/C=C\C=C(C)C.CF.O=C1OCCN1Cc1ccc(Oc2cnccn2)cc1. The maximum absolute atomic E-state index is 11.4. The molecular formula is C23H30FN3O3. The number of rotatable bonds is 6. The van der Waals surface area contributed by atoms with Crippen molar-refractivity contribution < 1.29 is 18.7 Å². The summed E-state index contributed by atoms with van der Waals surface area (Å²) in [6.45, 7) is 7.98. The summed E-state index contributed by atoms with van der Waals surface area (Å²) in [5.74, 6) is 1.13. The molecule has 1 aromatic heterocycles. The van der Waals surface area contributed by atoms with Crippen LogP contribution in [0, 0.1) is 0 Å². The molecular weight excluding hydrogens is 385 g/mol. The number of halogens is 1. The average molecular weight is 416 g/mol. The average Bonchev–Trinajstić information content (AvgIpc) is 3.17. The molecule has 1 saturated heterocycles. The van der Waals surface area contributed by atoms with E-state index in [1.807, 2.05) is 24.3 Å². The van der Waals surface area contributed by atoms with Crippen LogP contribution in [-0.4, -0.2) is 41.3 Å². The lowest BCUT2D eigenvalue weighted by atomic mass is 10.2. The second kappa shape index (κ2) is 14.7. The fraction of sp³-hybridized carbons (Fsp3) is 0.348. The summed E-state index contributed by atoms with van der Waals surface area (Å²) in [7, 11) is 0.500. The van der Waals surface area contributed by atoms with E-state index in [-0.39, 0.29) is 6.09 Å². The molecule has 0 saturated carbocycles. The van der Waals surface area contributed by atoms with Crippen LogP contribution in [0.2, 0.25) is 0 Å². The molecule has 0 aliphatic carbocycles. The Hall–Kier alpha value is -3.22. The molecule has 1 amide bonds. The second-order valence-electron chi connectivity index (χ2n) is 6.41. The maximum atomic E-state index is 11.4. The van der Waals surface area contributed by atoms with Crippen molar-refractivity contribution in [3.63, 3.8) is 0 Å². The summed E-state index contributed by atoms with van der Waals surface area (Å²) >= 11 is 0. The Balaban J connectivity index is 0.000000383. The third-order valence-electron chi connectivity index (χ3n) is 3.70. The van der Waals surface area contributed by atoms with Crippen molar-refractivity contribution in [1.82, 2.24) is 14.9 Å². The first-order chi connectivity index (χ1) is 14.6. The van der Waals surface area contributed by atoms with E-state index in [9.17, 15) is 9.18 Å². The molecule has 0 unspecified atom stereocenters. The monoisotopic (exact) mass is 415 g/mol. The Kier molecular flexibility index (Phi) is 12.2. The van der Waals surface area contributed by atoms with Gasteiger partial charge in [-0.15, -0.1) is 0 Å². The first-order valence-corrected chi connectivity index (χ1v) is 9.71. The number of hydrogen-bond donors (Lipinski definition) is 0. The zero-order chi connectivity index (χ0) is 22.2. The predicted octanol–water partition coefficient (Wildman–Crippen LogP) is 5.73. The highest BCUT2D eigenvalue weighted by molar-refractivity contribution is 5.69. The van der Waals surface area contributed by atoms with Gasteiger partial charge in [-0.25, -0.2) is 9.78 Å². The first kappa shape index (κ1) is 24.8. The van der Waals surface area contributed by atoms with Gasteiger partial charge in [0.25, 0.3) is 0 Å². The fourth-order valence-electron chi connectivity index (χ4n) is 2.31. The van der Waals surface area contributed by atoms with Crippen molar-refractivity contribution in [1.29, 1.82) is 0 Å². The molecule has 3 rings (SSSR count). The van der Waals surface area contributed by atoms with Gasteiger partial charge in [0, 0.05) is 18.9 Å². The van der Waals surface area contributed by atoms with E-state index in [1.54, 1.807) is 23.5 Å². The number of alkyl halides is 1. The number of allylic oxidation sites excluding steroid dienone is 4. The highest BCUT2D eigenvalue weighted by Gasteiger charge is 2.21. The molecule has 0 bridgehead atoms. The number of cyclic esters (lactones) is 1. The van der Waals surface area contributed by atoms with E-state index in [4.69, 9.17) is 9.47 Å². The zero-order valence-corrected chi connectivity index (χ0v) is 18.0. The van der Waals surface area contributed by atoms with Gasteiger partial charge in [0.05, 0.1) is 19.9 Å². The molecule has 7 heteroatoms. The van der Waals surface area contributed by atoms with Crippen molar-refractivity contribution in [3.8, 4) is 11.6 Å². The summed E-state index contributed by atoms with van der Waals surface area (Å²) in [5.41, 5.74) is 2.38. The molecule has 0 spiro atoms. The third-order valence-corrected chi connectivity index (χ3v) is 3.70. The van der Waals surface area contributed by atoms with Gasteiger partial charge >= 0.3 is 6.09 Å². The van der Waals surface area contributed by atoms with Gasteiger partial charge in [-0.1, -0.05) is 42.9 Å². The Morgan fingerprint density at radius 3 is 2.50 bits per heavy atom. The largest absolute Gasteiger partial charge is 0.448 e. The van der Waals surface area contributed by atoms with Crippen LogP contribution in [0.5, 0.6) is 11.6 Å². The molecule has 1 aliphatic rings. The number of hydrogen-bond acceptors (Lipinski definition) is 5.